The largest absolute Gasteiger partial charge is 0.493 e. The first-order valence-corrected chi connectivity index (χ1v) is 13.9. The molecule has 0 spiro atoms. The van der Waals surface area contributed by atoms with Gasteiger partial charge in [0.2, 0.25) is 5.91 Å². The average molecular weight is 562 g/mol. The molecular formula is C29H30F3NO5S. The van der Waals surface area contributed by atoms with Crippen LogP contribution >= 0.6 is 0 Å². The van der Waals surface area contributed by atoms with Gasteiger partial charge in [-0.05, 0) is 59.7 Å². The highest BCUT2D eigenvalue weighted by molar-refractivity contribution is 7.87. The number of hydrogen-bond acceptors (Lipinski definition) is 5. The summed E-state index contributed by atoms with van der Waals surface area (Å²) in [4.78, 5) is 14.6. The van der Waals surface area contributed by atoms with Crippen molar-refractivity contribution in [3.05, 3.63) is 89.5 Å². The van der Waals surface area contributed by atoms with Crippen LogP contribution < -0.4 is 8.92 Å². The molecule has 6 nitrogen and oxygen atoms in total. The molecule has 1 amide bonds. The fourth-order valence-corrected chi connectivity index (χ4v) is 5.52. The quantitative estimate of drug-likeness (QED) is 0.273. The van der Waals surface area contributed by atoms with Crippen molar-refractivity contribution in [2.24, 2.45) is 11.8 Å². The summed E-state index contributed by atoms with van der Waals surface area (Å²) in [6.07, 6.45) is -3.94. The van der Waals surface area contributed by atoms with Crippen LogP contribution in [0.3, 0.4) is 0 Å². The molecule has 1 aliphatic rings. The van der Waals surface area contributed by atoms with Crippen molar-refractivity contribution < 1.29 is 35.3 Å². The van der Waals surface area contributed by atoms with Gasteiger partial charge in [0, 0.05) is 19.0 Å². The van der Waals surface area contributed by atoms with Gasteiger partial charge in [-0.3, -0.25) is 4.79 Å². The normalized spacial score (nSPS) is 17.1. The lowest BCUT2D eigenvalue weighted by atomic mass is 10.1. The summed E-state index contributed by atoms with van der Waals surface area (Å²) in [6, 6.07) is 17.9. The Morgan fingerprint density at radius 2 is 1.72 bits per heavy atom. The average Bonchev–Trinajstić information content (AvgIpc) is 3.69. The smallest absolute Gasteiger partial charge is 0.416 e. The number of benzene rings is 3. The van der Waals surface area contributed by atoms with Crippen molar-refractivity contribution in [3.63, 3.8) is 0 Å². The molecule has 0 aromatic heterocycles. The van der Waals surface area contributed by atoms with Crippen molar-refractivity contribution in [2.75, 3.05) is 13.7 Å². The Balaban J connectivity index is 1.56. The topological polar surface area (TPSA) is 72.9 Å². The number of ether oxygens (including phenoxy) is 1. The number of halogens is 3. The molecule has 1 aliphatic carbocycles. The maximum atomic E-state index is 13.4. The van der Waals surface area contributed by atoms with E-state index in [1.165, 1.54) is 19.2 Å². The van der Waals surface area contributed by atoms with Crippen LogP contribution in [0.1, 0.15) is 42.9 Å². The van der Waals surface area contributed by atoms with E-state index in [1.807, 2.05) is 44.2 Å². The minimum atomic E-state index is -4.71. The van der Waals surface area contributed by atoms with E-state index < -0.39 is 26.8 Å². The number of carbonyl (C=O) groups excluding carboxylic acids is 1. The Labute approximate surface area is 226 Å². The molecule has 208 valence electrons. The molecule has 0 unspecified atom stereocenters. The maximum absolute atomic E-state index is 13.4. The Morgan fingerprint density at radius 1 is 1.00 bits per heavy atom. The lowest BCUT2D eigenvalue weighted by Gasteiger charge is -2.25. The highest BCUT2D eigenvalue weighted by atomic mass is 32.2. The Hall–Kier alpha value is -3.53. The lowest BCUT2D eigenvalue weighted by Crippen LogP contribution is -2.35. The van der Waals surface area contributed by atoms with Crippen LogP contribution in [-0.4, -0.2) is 32.9 Å². The second-order valence-electron chi connectivity index (χ2n) is 10.0. The molecule has 0 heterocycles. The maximum Gasteiger partial charge on any atom is 0.416 e. The van der Waals surface area contributed by atoms with Crippen LogP contribution in [-0.2, 0) is 27.6 Å². The first-order valence-electron chi connectivity index (χ1n) is 12.5. The zero-order valence-corrected chi connectivity index (χ0v) is 22.6. The first kappa shape index (κ1) is 28.5. The standard InChI is InChI=1S/C29H30F3NO5S/c1-19(2)17-33(28(34)25-16-24(25)21-8-5-4-6-9-21)18-20-12-13-26(37-3)27(14-20)38-39(35,36)23-11-7-10-22(15-23)29(30,31)32/h4-15,19,24-25H,16-18H2,1-3H3/t24-,25+/m0/s1. The van der Waals surface area contributed by atoms with Crippen molar-refractivity contribution in [1.29, 1.82) is 0 Å². The second kappa shape index (κ2) is 11.3. The van der Waals surface area contributed by atoms with Crippen LogP contribution in [0.2, 0.25) is 0 Å². The monoisotopic (exact) mass is 561 g/mol. The molecule has 0 saturated heterocycles. The van der Waals surface area contributed by atoms with E-state index in [0.717, 1.165) is 30.2 Å². The Kier molecular flexibility index (Phi) is 8.25. The summed E-state index contributed by atoms with van der Waals surface area (Å²) < 4.78 is 75.7. The zero-order chi connectivity index (χ0) is 28.4. The van der Waals surface area contributed by atoms with Crippen LogP contribution in [0.4, 0.5) is 13.2 Å². The van der Waals surface area contributed by atoms with Crippen LogP contribution in [0.5, 0.6) is 11.5 Å². The van der Waals surface area contributed by atoms with Crippen molar-refractivity contribution in [2.45, 2.75) is 43.8 Å². The summed E-state index contributed by atoms with van der Waals surface area (Å²) in [5.74, 6) is 0.160. The molecule has 1 fully saturated rings. The number of hydrogen-bond donors (Lipinski definition) is 0. The molecule has 0 bridgehead atoms. The van der Waals surface area contributed by atoms with Gasteiger partial charge < -0.3 is 13.8 Å². The van der Waals surface area contributed by atoms with Gasteiger partial charge in [-0.25, -0.2) is 0 Å². The van der Waals surface area contributed by atoms with E-state index in [2.05, 4.69) is 0 Å². The first-order chi connectivity index (χ1) is 18.4. The number of alkyl halides is 3. The van der Waals surface area contributed by atoms with Gasteiger partial charge in [0.05, 0.1) is 12.7 Å². The third-order valence-electron chi connectivity index (χ3n) is 6.48. The predicted molar refractivity (Wildman–Crippen MR) is 140 cm³/mol. The molecule has 10 heteroatoms. The van der Waals surface area contributed by atoms with Gasteiger partial charge >= 0.3 is 16.3 Å². The summed E-state index contributed by atoms with van der Waals surface area (Å²) in [6.45, 7) is 4.72. The number of rotatable bonds is 10. The number of methoxy groups -OCH3 is 1. The number of amides is 1. The second-order valence-corrected chi connectivity index (χ2v) is 11.6. The van der Waals surface area contributed by atoms with Crippen molar-refractivity contribution >= 4 is 16.0 Å². The van der Waals surface area contributed by atoms with Gasteiger partial charge in [-0.2, -0.15) is 21.6 Å². The van der Waals surface area contributed by atoms with E-state index >= 15 is 0 Å². The highest BCUT2D eigenvalue weighted by Gasteiger charge is 2.45. The Morgan fingerprint density at radius 3 is 2.36 bits per heavy atom. The zero-order valence-electron chi connectivity index (χ0n) is 21.8. The molecular weight excluding hydrogens is 531 g/mol. The molecule has 3 aromatic carbocycles. The third-order valence-corrected chi connectivity index (χ3v) is 7.71. The van der Waals surface area contributed by atoms with E-state index in [-0.39, 0.29) is 41.7 Å². The molecule has 1 saturated carbocycles. The van der Waals surface area contributed by atoms with Crippen LogP contribution in [0.25, 0.3) is 0 Å². The summed E-state index contributed by atoms with van der Waals surface area (Å²) in [7, 11) is -3.29. The van der Waals surface area contributed by atoms with Crippen molar-refractivity contribution in [1.82, 2.24) is 4.90 Å². The minimum Gasteiger partial charge on any atom is -0.493 e. The SMILES string of the molecule is COc1ccc(CN(CC(C)C)C(=O)[C@@H]2C[C@H]2c2ccccc2)cc1OS(=O)(=O)c1cccc(C(F)(F)F)c1. The van der Waals surface area contributed by atoms with Gasteiger partial charge in [-0.1, -0.05) is 56.3 Å². The predicted octanol–water partition coefficient (Wildman–Crippen LogP) is 6.27. The molecule has 0 aliphatic heterocycles. The fourth-order valence-electron chi connectivity index (χ4n) is 4.54. The lowest BCUT2D eigenvalue weighted by molar-refractivity contribution is -0.137. The van der Waals surface area contributed by atoms with Crippen LogP contribution in [0, 0.1) is 11.8 Å². The van der Waals surface area contributed by atoms with Crippen LogP contribution in [0.15, 0.2) is 77.7 Å². The van der Waals surface area contributed by atoms with E-state index in [1.54, 1.807) is 11.0 Å². The van der Waals surface area contributed by atoms with E-state index in [4.69, 9.17) is 8.92 Å². The molecule has 0 N–H and O–H groups in total. The minimum absolute atomic E-state index is 0.0208. The molecule has 3 aromatic rings. The Bertz CT molecular complexity index is 1420. The molecule has 0 radical (unpaired) electrons. The number of nitrogens with zero attached hydrogens (tertiary/aromatic N) is 1. The molecule has 39 heavy (non-hydrogen) atoms. The van der Waals surface area contributed by atoms with Gasteiger partial charge in [0.1, 0.15) is 4.90 Å². The van der Waals surface area contributed by atoms with E-state index in [9.17, 15) is 26.4 Å². The van der Waals surface area contributed by atoms with E-state index in [0.29, 0.717) is 18.2 Å². The van der Waals surface area contributed by atoms with Gasteiger partial charge in [0.15, 0.2) is 11.5 Å². The molecule has 4 rings (SSSR count). The van der Waals surface area contributed by atoms with Gasteiger partial charge in [-0.15, -0.1) is 0 Å². The van der Waals surface area contributed by atoms with Gasteiger partial charge in [0.25, 0.3) is 0 Å². The summed E-state index contributed by atoms with van der Waals surface area (Å²) >= 11 is 0. The number of carbonyl (C=O) groups is 1. The summed E-state index contributed by atoms with van der Waals surface area (Å²) in [5, 5.41) is 0. The van der Waals surface area contributed by atoms with Crippen molar-refractivity contribution in [3.8, 4) is 11.5 Å². The summed E-state index contributed by atoms with van der Waals surface area (Å²) in [5.41, 5.74) is 0.612. The molecule has 2 atom stereocenters. The fraction of sp³-hybridized carbons (Fsp3) is 0.345. The highest BCUT2D eigenvalue weighted by Crippen LogP contribution is 2.48. The third kappa shape index (κ3) is 6.92.